The number of nitrogens with zero attached hydrogens (tertiary/aromatic N) is 1. The van der Waals surface area contributed by atoms with Crippen LogP contribution in [0.15, 0.2) is 12.1 Å². The lowest BCUT2D eigenvalue weighted by Crippen LogP contribution is -2.39. The van der Waals surface area contributed by atoms with Crippen molar-refractivity contribution in [2.24, 2.45) is 5.73 Å². The van der Waals surface area contributed by atoms with Crippen LogP contribution in [0.2, 0.25) is 4.34 Å². The molecule has 2 heterocycles. The number of rotatable bonds is 2. The standard InChI is InChI=1S/C10H13ClN2OS.ClH/c11-9-4-3-8(15-9)10(14)13-5-1-2-7(13)6-12;/h3-4,7H,1-2,5-6,12H2;1H. The minimum Gasteiger partial charge on any atom is -0.334 e. The van der Waals surface area contributed by atoms with Gasteiger partial charge in [0.2, 0.25) is 0 Å². The van der Waals surface area contributed by atoms with Crippen molar-refractivity contribution in [2.45, 2.75) is 18.9 Å². The fraction of sp³-hybridized carbons (Fsp3) is 0.500. The van der Waals surface area contributed by atoms with Crippen LogP contribution in [0.25, 0.3) is 0 Å². The number of hydrogen-bond acceptors (Lipinski definition) is 3. The van der Waals surface area contributed by atoms with E-state index in [4.69, 9.17) is 17.3 Å². The fourth-order valence-electron chi connectivity index (χ4n) is 1.92. The average Bonchev–Trinajstić information content (AvgIpc) is 2.84. The number of amides is 1. The first kappa shape index (κ1) is 13.8. The number of hydrogen-bond donors (Lipinski definition) is 1. The van der Waals surface area contributed by atoms with Gasteiger partial charge in [0.05, 0.1) is 9.21 Å². The van der Waals surface area contributed by atoms with Gasteiger partial charge in [-0.1, -0.05) is 11.6 Å². The molecule has 1 aliphatic rings. The van der Waals surface area contributed by atoms with E-state index in [1.165, 1.54) is 11.3 Å². The van der Waals surface area contributed by atoms with Crippen molar-refractivity contribution in [2.75, 3.05) is 13.1 Å². The zero-order chi connectivity index (χ0) is 10.8. The lowest BCUT2D eigenvalue weighted by Gasteiger charge is -2.22. The minimum atomic E-state index is 0. The van der Waals surface area contributed by atoms with Crippen molar-refractivity contribution in [3.05, 3.63) is 21.3 Å². The molecule has 1 aliphatic heterocycles. The maximum Gasteiger partial charge on any atom is 0.264 e. The van der Waals surface area contributed by atoms with E-state index in [1.54, 1.807) is 12.1 Å². The Kier molecular flexibility index (Phi) is 5.05. The third-order valence-electron chi connectivity index (χ3n) is 2.69. The Morgan fingerprint density at radius 2 is 2.38 bits per heavy atom. The monoisotopic (exact) mass is 280 g/mol. The molecule has 0 bridgehead atoms. The Bertz CT molecular complexity index is 369. The Labute approximate surface area is 110 Å². The second kappa shape index (κ2) is 5.87. The van der Waals surface area contributed by atoms with E-state index >= 15 is 0 Å². The highest BCUT2D eigenvalue weighted by molar-refractivity contribution is 7.17. The van der Waals surface area contributed by atoms with Crippen LogP contribution in [-0.2, 0) is 0 Å². The van der Waals surface area contributed by atoms with Crippen LogP contribution in [0.4, 0.5) is 0 Å². The van der Waals surface area contributed by atoms with Gasteiger partial charge in [-0.25, -0.2) is 0 Å². The third kappa shape index (κ3) is 2.69. The summed E-state index contributed by atoms with van der Waals surface area (Å²) in [5.74, 6) is 0.0693. The molecule has 2 rings (SSSR count). The molecule has 6 heteroatoms. The molecule has 1 aromatic rings. The fourth-order valence-corrected chi connectivity index (χ4v) is 2.92. The smallest absolute Gasteiger partial charge is 0.264 e. The molecule has 0 saturated carbocycles. The number of halogens is 2. The van der Waals surface area contributed by atoms with Crippen LogP contribution in [0, 0.1) is 0 Å². The average molecular weight is 281 g/mol. The van der Waals surface area contributed by atoms with E-state index in [9.17, 15) is 4.79 Å². The molecule has 0 aromatic carbocycles. The number of carbonyl (C=O) groups excluding carboxylic acids is 1. The van der Waals surface area contributed by atoms with Crippen LogP contribution in [-0.4, -0.2) is 29.9 Å². The summed E-state index contributed by atoms with van der Waals surface area (Å²) in [5, 5.41) is 0. The van der Waals surface area contributed by atoms with Gasteiger partial charge in [0.1, 0.15) is 0 Å². The zero-order valence-corrected chi connectivity index (χ0v) is 11.1. The highest BCUT2D eigenvalue weighted by Crippen LogP contribution is 2.26. The molecule has 1 aromatic heterocycles. The van der Waals surface area contributed by atoms with Gasteiger partial charge in [-0.05, 0) is 25.0 Å². The molecule has 0 aliphatic carbocycles. The van der Waals surface area contributed by atoms with Gasteiger partial charge in [-0.15, -0.1) is 23.7 Å². The van der Waals surface area contributed by atoms with Crippen LogP contribution in [0.5, 0.6) is 0 Å². The minimum absolute atomic E-state index is 0. The molecule has 1 saturated heterocycles. The summed E-state index contributed by atoms with van der Waals surface area (Å²) in [7, 11) is 0. The number of carbonyl (C=O) groups is 1. The lowest BCUT2D eigenvalue weighted by atomic mass is 10.2. The molecule has 2 N–H and O–H groups in total. The zero-order valence-electron chi connectivity index (χ0n) is 8.69. The van der Waals surface area contributed by atoms with Gasteiger partial charge in [-0.3, -0.25) is 4.79 Å². The van der Waals surface area contributed by atoms with E-state index in [1.807, 2.05) is 4.90 Å². The predicted octanol–water partition coefficient (Wildman–Crippen LogP) is 2.39. The second-order valence-corrected chi connectivity index (χ2v) is 5.35. The maximum atomic E-state index is 12.1. The van der Waals surface area contributed by atoms with Crippen molar-refractivity contribution >= 4 is 41.3 Å². The largest absolute Gasteiger partial charge is 0.334 e. The van der Waals surface area contributed by atoms with Gasteiger partial charge in [-0.2, -0.15) is 0 Å². The molecule has 16 heavy (non-hydrogen) atoms. The van der Waals surface area contributed by atoms with E-state index in [-0.39, 0.29) is 24.4 Å². The first-order chi connectivity index (χ1) is 7.22. The predicted molar refractivity (Wildman–Crippen MR) is 69.7 cm³/mol. The van der Waals surface area contributed by atoms with Gasteiger partial charge < -0.3 is 10.6 Å². The lowest BCUT2D eigenvalue weighted by molar-refractivity contribution is 0.0746. The van der Waals surface area contributed by atoms with Crippen molar-refractivity contribution in [3.8, 4) is 0 Å². The normalized spacial score (nSPS) is 19.6. The summed E-state index contributed by atoms with van der Waals surface area (Å²) in [6, 6.07) is 3.74. The molecular formula is C10H14Cl2N2OS. The van der Waals surface area contributed by atoms with Crippen molar-refractivity contribution in [1.82, 2.24) is 4.90 Å². The Morgan fingerprint density at radius 3 is 2.94 bits per heavy atom. The first-order valence-corrected chi connectivity index (χ1v) is 6.18. The van der Waals surface area contributed by atoms with E-state index in [0.29, 0.717) is 15.8 Å². The SMILES string of the molecule is Cl.NCC1CCCN1C(=O)c1ccc(Cl)s1. The molecular weight excluding hydrogens is 267 g/mol. The van der Waals surface area contributed by atoms with E-state index in [2.05, 4.69) is 0 Å². The number of thiophene rings is 1. The Morgan fingerprint density at radius 1 is 1.62 bits per heavy atom. The van der Waals surface area contributed by atoms with Crippen LogP contribution >= 0.6 is 35.3 Å². The van der Waals surface area contributed by atoms with Gasteiger partial charge in [0.25, 0.3) is 5.91 Å². The highest BCUT2D eigenvalue weighted by Gasteiger charge is 2.28. The van der Waals surface area contributed by atoms with Crippen molar-refractivity contribution in [3.63, 3.8) is 0 Å². The Balaban J connectivity index is 0.00000128. The summed E-state index contributed by atoms with van der Waals surface area (Å²) >= 11 is 7.13. The summed E-state index contributed by atoms with van der Waals surface area (Å²) in [5.41, 5.74) is 5.63. The van der Waals surface area contributed by atoms with Crippen LogP contribution in [0.3, 0.4) is 0 Å². The summed E-state index contributed by atoms with van der Waals surface area (Å²) < 4.78 is 0.654. The van der Waals surface area contributed by atoms with Gasteiger partial charge in [0.15, 0.2) is 0 Å². The topological polar surface area (TPSA) is 46.3 Å². The van der Waals surface area contributed by atoms with Crippen molar-refractivity contribution < 1.29 is 4.79 Å². The number of nitrogens with two attached hydrogens (primary N) is 1. The molecule has 3 nitrogen and oxygen atoms in total. The highest BCUT2D eigenvalue weighted by atomic mass is 35.5. The molecule has 0 spiro atoms. The van der Waals surface area contributed by atoms with Crippen LogP contribution < -0.4 is 5.73 Å². The maximum absolute atomic E-state index is 12.1. The molecule has 1 atom stereocenters. The van der Waals surface area contributed by atoms with E-state index < -0.39 is 0 Å². The second-order valence-electron chi connectivity index (χ2n) is 3.63. The molecule has 0 radical (unpaired) electrons. The quantitative estimate of drug-likeness (QED) is 0.904. The first-order valence-electron chi connectivity index (χ1n) is 4.98. The van der Waals surface area contributed by atoms with E-state index in [0.717, 1.165) is 19.4 Å². The van der Waals surface area contributed by atoms with Gasteiger partial charge in [0, 0.05) is 19.1 Å². The summed E-state index contributed by atoms with van der Waals surface area (Å²) in [6.45, 7) is 1.36. The third-order valence-corrected chi connectivity index (χ3v) is 3.91. The summed E-state index contributed by atoms with van der Waals surface area (Å²) in [4.78, 5) is 14.6. The number of likely N-dealkylation sites (tertiary alicyclic amines) is 1. The van der Waals surface area contributed by atoms with Crippen molar-refractivity contribution in [1.29, 1.82) is 0 Å². The molecule has 90 valence electrons. The molecule has 1 amide bonds. The summed E-state index contributed by atoms with van der Waals surface area (Å²) in [6.07, 6.45) is 2.06. The molecule has 1 unspecified atom stereocenters. The molecule has 1 fully saturated rings. The Hall–Kier alpha value is -0.290. The van der Waals surface area contributed by atoms with Crippen LogP contribution in [0.1, 0.15) is 22.5 Å². The van der Waals surface area contributed by atoms with Gasteiger partial charge >= 0.3 is 0 Å².